The normalized spacial score (nSPS) is 15.1. The fraction of sp³-hybridized carbons (Fsp3) is 0.350. The first kappa shape index (κ1) is 18.3. The first-order chi connectivity index (χ1) is 12.5. The summed E-state index contributed by atoms with van der Waals surface area (Å²) in [6.07, 6.45) is 0. The summed E-state index contributed by atoms with van der Waals surface area (Å²) in [4.78, 5) is 16.3. The quantitative estimate of drug-likeness (QED) is 0.822. The Morgan fingerprint density at radius 1 is 1.08 bits per heavy atom. The molecule has 0 unspecified atom stereocenters. The second-order valence-corrected chi connectivity index (χ2v) is 6.51. The van der Waals surface area contributed by atoms with Crippen molar-refractivity contribution >= 4 is 5.91 Å². The molecule has 26 heavy (non-hydrogen) atoms. The minimum absolute atomic E-state index is 0.113. The summed E-state index contributed by atoms with van der Waals surface area (Å²) >= 11 is 0. The lowest BCUT2D eigenvalue weighted by atomic mass is 10.1. The molecule has 1 fully saturated rings. The van der Waals surface area contributed by atoms with Crippen LogP contribution in [-0.4, -0.2) is 48.5 Å². The van der Waals surface area contributed by atoms with E-state index in [0.717, 1.165) is 31.8 Å². The number of hydrogen-bond donors (Lipinski definition) is 0. The number of ether oxygens (including phenoxy) is 1. The van der Waals surface area contributed by atoms with Crippen LogP contribution < -0.4 is 4.74 Å². The topological polar surface area (TPSA) is 32.8 Å². The van der Waals surface area contributed by atoms with Crippen molar-refractivity contribution in [3.63, 3.8) is 0 Å². The highest BCUT2D eigenvalue weighted by Gasteiger charge is 2.21. The van der Waals surface area contributed by atoms with Gasteiger partial charge in [-0.3, -0.25) is 9.69 Å². The molecule has 1 aliphatic rings. The summed E-state index contributed by atoms with van der Waals surface area (Å²) in [6, 6.07) is 11.4. The molecule has 0 spiro atoms. The third-order valence-corrected chi connectivity index (χ3v) is 4.46. The molecule has 0 atom stereocenters. The number of rotatable bonds is 5. The van der Waals surface area contributed by atoms with Crippen molar-refractivity contribution in [2.24, 2.45) is 0 Å². The Balaban J connectivity index is 1.46. The second-order valence-electron chi connectivity index (χ2n) is 6.51. The van der Waals surface area contributed by atoms with Crippen LogP contribution in [0.25, 0.3) is 0 Å². The van der Waals surface area contributed by atoms with Gasteiger partial charge in [0, 0.05) is 38.8 Å². The lowest BCUT2D eigenvalue weighted by molar-refractivity contribution is -0.135. The van der Waals surface area contributed by atoms with Gasteiger partial charge >= 0.3 is 0 Å². The number of hydrogen-bond acceptors (Lipinski definition) is 3. The molecule has 0 aliphatic carbocycles. The fourth-order valence-corrected chi connectivity index (χ4v) is 3.05. The van der Waals surface area contributed by atoms with Gasteiger partial charge in [0.15, 0.2) is 18.2 Å². The molecule has 4 nitrogen and oxygen atoms in total. The molecule has 0 N–H and O–H groups in total. The Bertz CT molecular complexity index is 774. The minimum Gasteiger partial charge on any atom is -0.481 e. The number of nitrogens with zero attached hydrogens (tertiary/aromatic N) is 2. The summed E-state index contributed by atoms with van der Waals surface area (Å²) in [6.45, 7) is 5.47. The van der Waals surface area contributed by atoms with E-state index in [2.05, 4.69) is 36.1 Å². The monoisotopic (exact) mass is 360 g/mol. The van der Waals surface area contributed by atoms with E-state index < -0.39 is 11.6 Å². The molecule has 3 rings (SSSR count). The van der Waals surface area contributed by atoms with Crippen molar-refractivity contribution in [2.45, 2.75) is 13.5 Å². The van der Waals surface area contributed by atoms with Crippen molar-refractivity contribution in [1.29, 1.82) is 0 Å². The van der Waals surface area contributed by atoms with Gasteiger partial charge in [0.05, 0.1) is 0 Å². The van der Waals surface area contributed by atoms with Gasteiger partial charge in [-0.15, -0.1) is 0 Å². The van der Waals surface area contributed by atoms with Crippen LogP contribution in [0.15, 0.2) is 42.5 Å². The van der Waals surface area contributed by atoms with Gasteiger partial charge in [-0.05, 0) is 24.6 Å². The third-order valence-electron chi connectivity index (χ3n) is 4.46. The molecule has 0 aromatic heterocycles. The Hall–Kier alpha value is -2.47. The summed E-state index contributed by atoms with van der Waals surface area (Å²) in [7, 11) is 0. The molecule has 0 bridgehead atoms. The zero-order valence-electron chi connectivity index (χ0n) is 14.8. The first-order valence-corrected chi connectivity index (χ1v) is 8.65. The predicted octanol–water partition coefficient (Wildman–Crippen LogP) is 3.00. The highest BCUT2D eigenvalue weighted by molar-refractivity contribution is 5.77. The highest BCUT2D eigenvalue weighted by Crippen LogP contribution is 2.18. The average Bonchev–Trinajstić information content (AvgIpc) is 2.61. The summed E-state index contributed by atoms with van der Waals surface area (Å²) < 4.78 is 31.6. The Morgan fingerprint density at radius 2 is 1.85 bits per heavy atom. The highest BCUT2D eigenvalue weighted by atomic mass is 19.1. The van der Waals surface area contributed by atoms with Crippen LogP contribution in [-0.2, 0) is 11.3 Å². The van der Waals surface area contributed by atoms with Gasteiger partial charge in [-0.2, -0.15) is 0 Å². The number of carbonyl (C=O) groups is 1. The van der Waals surface area contributed by atoms with Crippen molar-refractivity contribution in [1.82, 2.24) is 9.80 Å². The van der Waals surface area contributed by atoms with E-state index in [9.17, 15) is 13.6 Å². The Labute approximate surface area is 152 Å². The van der Waals surface area contributed by atoms with Crippen molar-refractivity contribution in [3.05, 3.63) is 65.2 Å². The van der Waals surface area contributed by atoms with Crippen molar-refractivity contribution in [2.75, 3.05) is 32.8 Å². The van der Waals surface area contributed by atoms with Gasteiger partial charge in [-0.25, -0.2) is 8.78 Å². The van der Waals surface area contributed by atoms with Crippen LogP contribution in [0.4, 0.5) is 8.78 Å². The van der Waals surface area contributed by atoms with Crippen molar-refractivity contribution < 1.29 is 18.3 Å². The van der Waals surface area contributed by atoms with Crippen LogP contribution in [0, 0.1) is 18.6 Å². The van der Waals surface area contributed by atoms with E-state index in [-0.39, 0.29) is 18.3 Å². The summed E-state index contributed by atoms with van der Waals surface area (Å²) in [5, 5.41) is 0. The van der Waals surface area contributed by atoms with E-state index in [1.165, 1.54) is 17.2 Å². The molecule has 0 saturated carbocycles. The second kappa shape index (κ2) is 8.27. The lowest BCUT2D eigenvalue weighted by Crippen LogP contribution is -2.49. The fourth-order valence-electron chi connectivity index (χ4n) is 3.05. The summed E-state index contributed by atoms with van der Waals surface area (Å²) in [5.74, 6) is -1.78. The molecule has 1 amide bonds. The molecular weight excluding hydrogens is 338 g/mol. The average molecular weight is 360 g/mol. The van der Waals surface area contributed by atoms with Crippen LogP contribution >= 0.6 is 0 Å². The van der Waals surface area contributed by atoms with Crippen LogP contribution in [0.5, 0.6) is 5.75 Å². The number of piperazine rings is 1. The summed E-state index contributed by atoms with van der Waals surface area (Å²) in [5.41, 5.74) is 2.50. The minimum atomic E-state index is -0.805. The molecule has 1 saturated heterocycles. The van der Waals surface area contributed by atoms with Gasteiger partial charge in [-0.1, -0.05) is 29.8 Å². The van der Waals surface area contributed by atoms with Crippen LogP contribution in [0.2, 0.25) is 0 Å². The lowest BCUT2D eigenvalue weighted by Gasteiger charge is -2.34. The van der Waals surface area contributed by atoms with Crippen LogP contribution in [0.1, 0.15) is 11.1 Å². The van der Waals surface area contributed by atoms with Gasteiger partial charge in [0.1, 0.15) is 5.82 Å². The van der Waals surface area contributed by atoms with Gasteiger partial charge < -0.3 is 9.64 Å². The SMILES string of the molecule is Cc1cccc(CN2CCN(C(=O)COc3ccc(F)cc3F)CC2)c1. The maximum absolute atomic E-state index is 13.5. The standard InChI is InChI=1S/C20H22F2N2O2/c1-15-3-2-4-16(11-15)13-23-7-9-24(10-8-23)20(25)14-26-19-6-5-17(21)12-18(19)22/h2-6,11-12H,7-10,13-14H2,1H3. The third kappa shape index (κ3) is 4.79. The molecule has 0 radical (unpaired) electrons. The molecular formula is C20H22F2N2O2. The number of carbonyl (C=O) groups excluding carboxylic acids is 1. The van der Waals surface area contributed by atoms with Gasteiger partial charge in [0.25, 0.3) is 5.91 Å². The maximum Gasteiger partial charge on any atom is 0.260 e. The van der Waals surface area contributed by atoms with Gasteiger partial charge in [0.2, 0.25) is 0 Å². The van der Waals surface area contributed by atoms with Crippen LogP contribution in [0.3, 0.4) is 0 Å². The maximum atomic E-state index is 13.5. The number of aryl methyl sites for hydroxylation is 1. The molecule has 1 heterocycles. The van der Waals surface area contributed by atoms with E-state index in [1.54, 1.807) is 4.90 Å². The molecule has 1 aliphatic heterocycles. The van der Waals surface area contributed by atoms with E-state index in [0.29, 0.717) is 13.1 Å². The molecule has 2 aromatic carbocycles. The number of halogens is 2. The predicted molar refractivity (Wildman–Crippen MR) is 94.9 cm³/mol. The smallest absolute Gasteiger partial charge is 0.260 e. The van der Waals surface area contributed by atoms with Crippen molar-refractivity contribution in [3.8, 4) is 5.75 Å². The van der Waals surface area contributed by atoms with E-state index >= 15 is 0 Å². The molecule has 138 valence electrons. The number of benzene rings is 2. The molecule has 6 heteroatoms. The van der Waals surface area contributed by atoms with E-state index in [1.807, 2.05) is 0 Å². The Kier molecular flexibility index (Phi) is 5.83. The first-order valence-electron chi connectivity index (χ1n) is 8.65. The zero-order valence-corrected chi connectivity index (χ0v) is 14.8. The van der Waals surface area contributed by atoms with E-state index in [4.69, 9.17) is 4.74 Å². The molecule has 2 aromatic rings. The Morgan fingerprint density at radius 3 is 2.54 bits per heavy atom. The largest absolute Gasteiger partial charge is 0.481 e. The zero-order chi connectivity index (χ0) is 18.5. The number of amides is 1.